The number of urea groups is 1. The van der Waals surface area contributed by atoms with Crippen LogP contribution in [0, 0.1) is 0 Å². The van der Waals surface area contributed by atoms with E-state index in [2.05, 4.69) is 10.6 Å². The lowest BCUT2D eigenvalue weighted by Gasteiger charge is -2.33. The molecule has 1 aromatic carbocycles. The molecule has 7 heteroatoms. The normalized spacial score (nSPS) is 16.7. The molecule has 0 saturated carbocycles. The van der Waals surface area contributed by atoms with Gasteiger partial charge >= 0.3 is 12.0 Å². The van der Waals surface area contributed by atoms with Gasteiger partial charge in [-0.2, -0.15) is 0 Å². The molecule has 3 amide bonds. The molecule has 1 aromatic rings. The Morgan fingerprint density at radius 3 is 2.52 bits per heavy atom. The molecule has 0 aliphatic carbocycles. The lowest BCUT2D eigenvalue weighted by atomic mass is 10.0. The van der Waals surface area contributed by atoms with Gasteiger partial charge in [0.2, 0.25) is 0 Å². The standard InChI is InChI=1S/C20H29N3O4/c1-14(2)22-20(26)21-12-16-7-9-17(10-8-16)19(25)27-13-18(24)23-11-5-4-6-15(23)3/h7-10,14-15H,4-6,11-13H2,1-3H3,(H2,21,22,26)/t15-/m1/s1. The fourth-order valence-corrected chi connectivity index (χ4v) is 3.02. The van der Waals surface area contributed by atoms with Crippen molar-refractivity contribution in [3.8, 4) is 0 Å². The molecular formula is C20H29N3O4. The first-order valence-corrected chi connectivity index (χ1v) is 9.46. The van der Waals surface area contributed by atoms with Gasteiger partial charge in [0.1, 0.15) is 0 Å². The van der Waals surface area contributed by atoms with Crippen LogP contribution >= 0.6 is 0 Å². The van der Waals surface area contributed by atoms with E-state index in [1.165, 1.54) is 0 Å². The first-order valence-electron chi connectivity index (χ1n) is 9.46. The van der Waals surface area contributed by atoms with Gasteiger partial charge in [-0.3, -0.25) is 4.79 Å². The molecule has 1 fully saturated rings. The number of nitrogens with zero attached hydrogens (tertiary/aromatic N) is 1. The van der Waals surface area contributed by atoms with Crippen molar-refractivity contribution in [3.05, 3.63) is 35.4 Å². The van der Waals surface area contributed by atoms with E-state index in [4.69, 9.17) is 4.74 Å². The molecule has 1 heterocycles. The first kappa shape index (κ1) is 20.7. The lowest BCUT2D eigenvalue weighted by molar-refractivity contribution is -0.137. The van der Waals surface area contributed by atoms with E-state index in [0.717, 1.165) is 31.4 Å². The molecule has 0 spiro atoms. The van der Waals surface area contributed by atoms with E-state index in [0.29, 0.717) is 12.1 Å². The lowest BCUT2D eigenvalue weighted by Crippen LogP contribution is -2.44. The summed E-state index contributed by atoms with van der Waals surface area (Å²) in [6.07, 6.45) is 3.12. The molecule has 0 aromatic heterocycles. The maximum Gasteiger partial charge on any atom is 0.338 e. The number of amides is 3. The molecule has 1 aliphatic heterocycles. The number of likely N-dealkylation sites (tertiary alicyclic amines) is 1. The van der Waals surface area contributed by atoms with Gasteiger partial charge in [-0.25, -0.2) is 9.59 Å². The van der Waals surface area contributed by atoms with E-state index in [9.17, 15) is 14.4 Å². The molecule has 148 valence electrons. The van der Waals surface area contributed by atoms with Crippen molar-refractivity contribution in [2.75, 3.05) is 13.2 Å². The minimum atomic E-state index is -0.523. The number of esters is 1. The molecule has 0 bridgehead atoms. The van der Waals surface area contributed by atoms with Gasteiger partial charge in [0.25, 0.3) is 5.91 Å². The van der Waals surface area contributed by atoms with Gasteiger partial charge in [0.15, 0.2) is 6.61 Å². The van der Waals surface area contributed by atoms with Crippen molar-refractivity contribution in [1.82, 2.24) is 15.5 Å². The molecule has 1 atom stereocenters. The Labute approximate surface area is 160 Å². The SMILES string of the molecule is CC(C)NC(=O)NCc1ccc(C(=O)OCC(=O)N2CCCC[C@H]2C)cc1. The Bertz CT molecular complexity index is 658. The van der Waals surface area contributed by atoms with Crippen LogP contribution in [0.4, 0.5) is 4.79 Å². The Morgan fingerprint density at radius 2 is 1.89 bits per heavy atom. The summed E-state index contributed by atoms with van der Waals surface area (Å²) in [6.45, 7) is 6.64. The molecule has 1 aliphatic rings. The van der Waals surface area contributed by atoms with E-state index < -0.39 is 5.97 Å². The van der Waals surface area contributed by atoms with Crippen LogP contribution in [0.3, 0.4) is 0 Å². The van der Waals surface area contributed by atoms with E-state index in [1.54, 1.807) is 29.2 Å². The quantitative estimate of drug-likeness (QED) is 0.748. The molecular weight excluding hydrogens is 346 g/mol. The van der Waals surface area contributed by atoms with Crippen LogP contribution in [0.5, 0.6) is 0 Å². The average molecular weight is 375 g/mol. The number of rotatable bonds is 6. The number of hydrogen-bond donors (Lipinski definition) is 2. The van der Waals surface area contributed by atoms with Gasteiger partial charge in [-0.15, -0.1) is 0 Å². The fraction of sp³-hybridized carbons (Fsp3) is 0.550. The third-order valence-electron chi connectivity index (χ3n) is 4.51. The summed E-state index contributed by atoms with van der Waals surface area (Å²) < 4.78 is 5.16. The van der Waals surface area contributed by atoms with Crippen molar-refractivity contribution in [1.29, 1.82) is 0 Å². The number of hydrogen-bond acceptors (Lipinski definition) is 4. The highest BCUT2D eigenvalue weighted by molar-refractivity contribution is 5.91. The van der Waals surface area contributed by atoms with Crippen LogP contribution in [0.25, 0.3) is 0 Å². The second-order valence-electron chi connectivity index (χ2n) is 7.19. The van der Waals surface area contributed by atoms with Gasteiger partial charge < -0.3 is 20.3 Å². The van der Waals surface area contributed by atoms with Crippen molar-refractivity contribution >= 4 is 17.9 Å². The first-order chi connectivity index (χ1) is 12.9. The molecule has 0 radical (unpaired) electrons. The number of carbonyl (C=O) groups excluding carboxylic acids is 3. The van der Waals surface area contributed by atoms with E-state index in [-0.39, 0.29) is 30.6 Å². The van der Waals surface area contributed by atoms with E-state index >= 15 is 0 Å². The second-order valence-corrected chi connectivity index (χ2v) is 7.19. The molecule has 27 heavy (non-hydrogen) atoms. The summed E-state index contributed by atoms with van der Waals surface area (Å²) in [5, 5.41) is 5.48. The second kappa shape index (κ2) is 9.94. The zero-order valence-electron chi connectivity index (χ0n) is 16.3. The number of ether oxygens (including phenoxy) is 1. The summed E-state index contributed by atoms with van der Waals surface area (Å²) in [5.74, 6) is -0.669. The van der Waals surface area contributed by atoms with E-state index in [1.807, 2.05) is 20.8 Å². The topological polar surface area (TPSA) is 87.7 Å². The molecule has 7 nitrogen and oxygen atoms in total. The molecule has 2 N–H and O–H groups in total. The third kappa shape index (κ3) is 6.58. The Hall–Kier alpha value is -2.57. The number of nitrogens with one attached hydrogen (secondary N) is 2. The largest absolute Gasteiger partial charge is 0.452 e. The van der Waals surface area contributed by atoms with Crippen molar-refractivity contribution in [3.63, 3.8) is 0 Å². The smallest absolute Gasteiger partial charge is 0.338 e. The maximum absolute atomic E-state index is 12.2. The maximum atomic E-state index is 12.2. The van der Waals surface area contributed by atoms with Crippen LogP contribution < -0.4 is 10.6 Å². The summed E-state index contributed by atoms with van der Waals surface area (Å²) in [5.41, 5.74) is 1.24. The highest BCUT2D eigenvalue weighted by atomic mass is 16.5. The van der Waals surface area contributed by atoms with Crippen molar-refractivity contribution in [2.45, 2.75) is 58.7 Å². The zero-order valence-corrected chi connectivity index (χ0v) is 16.3. The molecule has 0 unspecified atom stereocenters. The summed E-state index contributed by atoms with van der Waals surface area (Å²) in [4.78, 5) is 37.7. The molecule has 1 saturated heterocycles. The number of carbonyl (C=O) groups is 3. The summed E-state index contributed by atoms with van der Waals surface area (Å²) >= 11 is 0. The summed E-state index contributed by atoms with van der Waals surface area (Å²) in [6, 6.07) is 6.80. The predicted octanol–water partition coefficient (Wildman–Crippen LogP) is 2.45. The minimum absolute atomic E-state index is 0.0674. The van der Waals surface area contributed by atoms with Gasteiger partial charge in [-0.05, 0) is 57.7 Å². The van der Waals surface area contributed by atoms with Crippen LogP contribution in [0.2, 0.25) is 0 Å². The van der Waals surface area contributed by atoms with Gasteiger partial charge in [0, 0.05) is 25.2 Å². The highest BCUT2D eigenvalue weighted by Crippen LogP contribution is 2.16. The highest BCUT2D eigenvalue weighted by Gasteiger charge is 2.24. The average Bonchev–Trinajstić information content (AvgIpc) is 2.64. The van der Waals surface area contributed by atoms with Gasteiger partial charge in [-0.1, -0.05) is 12.1 Å². The molecule has 2 rings (SSSR count). The Kier molecular flexibility index (Phi) is 7.64. The van der Waals surface area contributed by atoms with Crippen molar-refractivity contribution < 1.29 is 19.1 Å². The zero-order chi connectivity index (χ0) is 19.8. The van der Waals surface area contributed by atoms with Crippen LogP contribution in [-0.4, -0.2) is 48.0 Å². The van der Waals surface area contributed by atoms with Crippen LogP contribution in [-0.2, 0) is 16.1 Å². The number of benzene rings is 1. The van der Waals surface area contributed by atoms with Gasteiger partial charge in [0.05, 0.1) is 5.56 Å². The monoisotopic (exact) mass is 375 g/mol. The van der Waals surface area contributed by atoms with Crippen LogP contribution in [0.15, 0.2) is 24.3 Å². The summed E-state index contributed by atoms with van der Waals surface area (Å²) in [7, 11) is 0. The Balaban J connectivity index is 1.79. The number of piperidine rings is 1. The fourth-order valence-electron chi connectivity index (χ4n) is 3.02. The third-order valence-corrected chi connectivity index (χ3v) is 4.51. The predicted molar refractivity (Wildman–Crippen MR) is 102 cm³/mol. The minimum Gasteiger partial charge on any atom is -0.452 e. The Morgan fingerprint density at radius 1 is 1.19 bits per heavy atom. The van der Waals surface area contributed by atoms with Crippen LogP contribution in [0.1, 0.15) is 56.0 Å². The van der Waals surface area contributed by atoms with Crippen molar-refractivity contribution in [2.24, 2.45) is 0 Å².